The molecular weight excluding hydrogens is 342 g/mol. The van der Waals surface area contributed by atoms with Crippen LogP contribution < -0.4 is 15.1 Å². The lowest BCUT2D eigenvalue weighted by atomic mass is 10.1. The van der Waals surface area contributed by atoms with Gasteiger partial charge in [-0.2, -0.15) is 0 Å². The highest BCUT2D eigenvalue weighted by molar-refractivity contribution is 6.09. The van der Waals surface area contributed by atoms with Crippen molar-refractivity contribution in [3.63, 3.8) is 0 Å². The van der Waals surface area contributed by atoms with E-state index < -0.39 is 5.97 Å². The van der Waals surface area contributed by atoms with Crippen molar-refractivity contribution in [2.45, 2.75) is 0 Å². The van der Waals surface area contributed by atoms with E-state index in [2.05, 4.69) is 20.2 Å². The number of nitrogens with zero attached hydrogens (tertiary/aromatic N) is 4. The van der Waals surface area contributed by atoms with Crippen molar-refractivity contribution in [3.05, 3.63) is 66.0 Å². The molecule has 4 rings (SSSR count). The minimum atomic E-state index is -0.933. The summed E-state index contributed by atoms with van der Waals surface area (Å²) in [4.78, 5) is 24.5. The van der Waals surface area contributed by atoms with Gasteiger partial charge in [-0.1, -0.05) is 6.07 Å². The molecule has 0 aliphatic carbocycles. The number of carboxylic acids is 1. The Bertz CT molecular complexity index is 886. The van der Waals surface area contributed by atoms with Crippen LogP contribution in [-0.2, 0) is 0 Å². The highest BCUT2D eigenvalue weighted by Gasteiger charge is 2.14. The van der Waals surface area contributed by atoms with Gasteiger partial charge in [0.1, 0.15) is 12.5 Å². The molecule has 0 radical (unpaired) electrons. The summed E-state index contributed by atoms with van der Waals surface area (Å²) in [6.45, 7) is 4.35. The second-order valence-corrected chi connectivity index (χ2v) is 6.47. The lowest BCUT2D eigenvalue weighted by molar-refractivity contribution is 0.0697. The van der Waals surface area contributed by atoms with Gasteiger partial charge in [-0.05, 0) is 36.4 Å². The number of allylic oxidation sites excluding steroid dienone is 1. The molecule has 1 aromatic heterocycles. The van der Waals surface area contributed by atoms with Crippen molar-refractivity contribution in [1.82, 2.24) is 10.3 Å². The highest BCUT2D eigenvalue weighted by Crippen LogP contribution is 2.20. The summed E-state index contributed by atoms with van der Waals surface area (Å²) in [5.74, 6) is 0.0606. The van der Waals surface area contributed by atoms with E-state index in [-0.39, 0.29) is 5.56 Å². The summed E-state index contributed by atoms with van der Waals surface area (Å²) in [6, 6.07) is 10.9. The van der Waals surface area contributed by atoms with Crippen molar-refractivity contribution in [3.8, 4) is 0 Å². The highest BCUT2D eigenvalue weighted by atomic mass is 16.4. The fourth-order valence-corrected chi connectivity index (χ4v) is 3.20. The first-order valence-electron chi connectivity index (χ1n) is 8.95. The van der Waals surface area contributed by atoms with Crippen LogP contribution in [0.1, 0.15) is 15.9 Å². The Kier molecular flexibility index (Phi) is 4.84. The fraction of sp³-hybridized carbons (Fsp3) is 0.250. The van der Waals surface area contributed by atoms with Crippen molar-refractivity contribution in [2.75, 3.05) is 42.6 Å². The molecule has 0 spiro atoms. The molecule has 0 saturated carbocycles. The molecule has 1 saturated heterocycles. The Morgan fingerprint density at radius 2 is 2.00 bits per heavy atom. The number of benzene rings is 1. The van der Waals surface area contributed by atoms with Crippen molar-refractivity contribution >= 4 is 23.2 Å². The zero-order valence-corrected chi connectivity index (χ0v) is 14.9. The Morgan fingerprint density at radius 1 is 1.15 bits per heavy atom. The molecule has 0 atom stereocenters. The van der Waals surface area contributed by atoms with E-state index >= 15 is 0 Å². The summed E-state index contributed by atoms with van der Waals surface area (Å²) in [6.07, 6.45) is 5.72. The van der Waals surface area contributed by atoms with Gasteiger partial charge >= 0.3 is 5.97 Å². The van der Waals surface area contributed by atoms with Crippen LogP contribution in [0.3, 0.4) is 0 Å². The van der Waals surface area contributed by atoms with Gasteiger partial charge < -0.3 is 20.2 Å². The van der Waals surface area contributed by atoms with E-state index in [0.717, 1.165) is 49.0 Å². The number of nitrogens with one attached hydrogen (secondary N) is 1. The molecular formula is C20H21N5O2. The molecule has 0 bridgehead atoms. The first kappa shape index (κ1) is 17.2. The maximum atomic E-state index is 11.1. The van der Waals surface area contributed by atoms with Gasteiger partial charge in [0.25, 0.3) is 0 Å². The molecule has 1 aromatic carbocycles. The Balaban J connectivity index is 1.45. The van der Waals surface area contributed by atoms with Gasteiger partial charge in [0.15, 0.2) is 0 Å². The number of rotatable bonds is 4. The summed E-state index contributed by atoms with van der Waals surface area (Å²) in [5, 5.41) is 12.5. The van der Waals surface area contributed by atoms with Gasteiger partial charge in [-0.15, -0.1) is 0 Å². The first-order chi connectivity index (χ1) is 13.2. The molecule has 2 N–H and O–H groups in total. The number of aliphatic imine (C=N–C) groups is 1. The van der Waals surface area contributed by atoms with Crippen LogP contribution >= 0.6 is 0 Å². The summed E-state index contributed by atoms with van der Waals surface area (Å²) >= 11 is 0. The smallest absolute Gasteiger partial charge is 0.335 e. The molecule has 1 fully saturated rings. The average Bonchev–Trinajstić information content (AvgIpc) is 2.75. The van der Waals surface area contributed by atoms with Crippen LogP contribution in [0.25, 0.3) is 0 Å². The minimum Gasteiger partial charge on any atom is -0.478 e. The number of carbonyl (C=O) groups is 1. The maximum absolute atomic E-state index is 11.1. The third-order valence-corrected chi connectivity index (χ3v) is 4.72. The molecule has 7 nitrogen and oxygen atoms in total. The normalized spacial score (nSPS) is 17.0. The van der Waals surface area contributed by atoms with E-state index in [9.17, 15) is 4.79 Å². The molecule has 138 valence electrons. The molecule has 2 aromatic rings. The van der Waals surface area contributed by atoms with Crippen LogP contribution in [0.4, 0.5) is 11.5 Å². The molecule has 3 heterocycles. The minimum absolute atomic E-state index is 0.267. The number of aromatic carboxylic acids is 1. The summed E-state index contributed by atoms with van der Waals surface area (Å²) in [7, 11) is 0. The molecule has 0 unspecified atom stereocenters. The van der Waals surface area contributed by atoms with E-state index in [0.29, 0.717) is 6.67 Å². The van der Waals surface area contributed by atoms with Crippen LogP contribution in [-0.4, -0.2) is 54.6 Å². The van der Waals surface area contributed by atoms with E-state index in [1.165, 1.54) is 0 Å². The quantitative estimate of drug-likeness (QED) is 0.864. The Labute approximate surface area is 157 Å². The third kappa shape index (κ3) is 3.83. The average molecular weight is 363 g/mol. The second-order valence-electron chi connectivity index (χ2n) is 6.47. The van der Waals surface area contributed by atoms with Gasteiger partial charge in [0.2, 0.25) is 0 Å². The Hall–Kier alpha value is -3.19. The number of hydrogen-bond acceptors (Lipinski definition) is 6. The SMILES string of the molecule is O=C(O)c1cccc(N2C=CC(c3ccc(N4CCNCC4)nc3)=NC2)c1. The molecule has 27 heavy (non-hydrogen) atoms. The number of aromatic nitrogens is 1. The predicted molar refractivity (Wildman–Crippen MR) is 106 cm³/mol. The lowest BCUT2D eigenvalue weighted by Gasteiger charge is -2.28. The summed E-state index contributed by atoms with van der Waals surface area (Å²) in [5.41, 5.74) is 2.92. The van der Waals surface area contributed by atoms with Crippen LogP contribution in [0.2, 0.25) is 0 Å². The molecule has 0 amide bonds. The lowest BCUT2D eigenvalue weighted by Crippen LogP contribution is -2.43. The van der Waals surface area contributed by atoms with Crippen molar-refractivity contribution in [1.29, 1.82) is 0 Å². The summed E-state index contributed by atoms with van der Waals surface area (Å²) < 4.78 is 0. The van der Waals surface area contributed by atoms with Gasteiger partial charge in [0, 0.05) is 49.8 Å². The first-order valence-corrected chi connectivity index (χ1v) is 8.95. The molecule has 2 aliphatic rings. The van der Waals surface area contributed by atoms with Crippen LogP contribution in [0.15, 0.2) is 59.9 Å². The topological polar surface area (TPSA) is 81.1 Å². The third-order valence-electron chi connectivity index (χ3n) is 4.72. The van der Waals surface area contributed by atoms with E-state index in [4.69, 9.17) is 5.11 Å². The number of pyridine rings is 1. The zero-order valence-electron chi connectivity index (χ0n) is 14.9. The maximum Gasteiger partial charge on any atom is 0.335 e. The van der Waals surface area contributed by atoms with Crippen molar-refractivity contribution in [2.24, 2.45) is 4.99 Å². The number of hydrogen-bond donors (Lipinski definition) is 2. The Morgan fingerprint density at radius 3 is 2.67 bits per heavy atom. The standard InChI is InChI=1S/C20H21N5O2/c26-20(27)15-2-1-3-17(12-15)25-9-6-18(23-14-25)16-4-5-19(22-13-16)24-10-7-21-8-11-24/h1-6,9,12-13,21H,7-8,10-11,14H2,(H,26,27). The molecule has 7 heteroatoms. The van der Waals surface area contributed by atoms with Crippen molar-refractivity contribution < 1.29 is 9.90 Å². The van der Waals surface area contributed by atoms with Crippen LogP contribution in [0, 0.1) is 0 Å². The number of anilines is 2. The largest absolute Gasteiger partial charge is 0.478 e. The zero-order chi connectivity index (χ0) is 18.6. The second kappa shape index (κ2) is 7.59. The van der Waals surface area contributed by atoms with Gasteiger partial charge in [-0.3, -0.25) is 4.99 Å². The number of piperazine rings is 1. The number of carboxylic acid groups (broad SMARTS) is 1. The van der Waals surface area contributed by atoms with E-state index in [1.807, 2.05) is 41.6 Å². The van der Waals surface area contributed by atoms with Crippen LogP contribution in [0.5, 0.6) is 0 Å². The monoisotopic (exact) mass is 363 g/mol. The fourth-order valence-electron chi connectivity index (χ4n) is 3.20. The molecule has 2 aliphatic heterocycles. The van der Waals surface area contributed by atoms with E-state index in [1.54, 1.807) is 18.2 Å². The van der Waals surface area contributed by atoms with Gasteiger partial charge in [-0.25, -0.2) is 9.78 Å². The predicted octanol–water partition coefficient (Wildman–Crippen LogP) is 1.97. The van der Waals surface area contributed by atoms with Gasteiger partial charge in [0.05, 0.1) is 11.3 Å².